The molecule has 2 amide bonds. The van der Waals surface area contributed by atoms with Gasteiger partial charge in [-0.05, 0) is 24.4 Å². The van der Waals surface area contributed by atoms with Gasteiger partial charge in [0, 0.05) is 18.5 Å². The minimum atomic E-state index is -0.173. The third-order valence-electron chi connectivity index (χ3n) is 3.53. The van der Waals surface area contributed by atoms with Crippen molar-refractivity contribution in [1.82, 2.24) is 15.6 Å². The van der Waals surface area contributed by atoms with Crippen molar-refractivity contribution in [3.05, 3.63) is 45.1 Å². The van der Waals surface area contributed by atoms with Crippen molar-refractivity contribution in [3.63, 3.8) is 0 Å². The summed E-state index contributed by atoms with van der Waals surface area (Å²) in [6, 6.07) is 3.59. The number of rotatable bonds is 6. The number of amides is 2. The van der Waals surface area contributed by atoms with E-state index in [9.17, 15) is 9.59 Å². The van der Waals surface area contributed by atoms with Crippen LogP contribution in [0.5, 0.6) is 0 Å². The molecule has 0 saturated heterocycles. The Labute approximate surface area is 172 Å². The first-order valence-electron chi connectivity index (χ1n) is 7.65. The van der Waals surface area contributed by atoms with E-state index in [1.54, 1.807) is 11.4 Å². The number of aromatic nitrogens is 1. The number of thiazole rings is 1. The summed E-state index contributed by atoms with van der Waals surface area (Å²) in [4.78, 5) is 28.9. The van der Waals surface area contributed by atoms with Gasteiger partial charge in [0.2, 0.25) is 5.91 Å². The van der Waals surface area contributed by atoms with Crippen LogP contribution < -0.4 is 16.0 Å². The average molecular weight is 435 g/mol. The molecule has 142 valence electrons. The molecule has 0 aromatic carbocycles. The summed E-state index contributed by atoms with van der Waals surface area (Å²) in [6.45, 7) is 2.41. The lowest BCUT2D eigenvalue weighted by Gasteiger charge is -2.14. The monoisotopic (exact) mass is 434 g/mol. The topological polar surface area (TPSA) is 83.1 Å². The summed E-state index contributed by atoms with van der Waals surface area (Å²) in [6.07, 6.45) is 3.30. The third-order valence-corrected chi connectivity index (χ3v) is 5.20. The number of halogens is 2. The molecule has 10 heteroatoms. The second kappa shape index (κ2) is 11.3. The van der Waals surface area contributed by atoms with E-state index in [0.717, 1.165) is 19.5 Å². The lowest BCUT2D eigenvalue weighted by atomic mass is 10.1. The summed E-state index contributed by atoms with van der Waals surface area (Å²) in [5.74, 6) is -0.232. The highest BCUT2D eigenvalue weighted by Crippen LogP contribution is 2.18. The summed E-state index contributed by atoms with van der Waals surface area (Å²) >= 11 is 2.70. The number of nitrogens with one attached hydrogen (secondary N) is 3. The van der Waals surface area contributed by atoms with Crippen molar-refractivity contribution >= 4 is 64.4 Å². The van der Waals surface area contributed by atoms with Gasteiger partial charge in [-0.15, -0.1) is 47.5 Å². The number of hydrogen-bond acceptors (Lipinski definition) is 6. The van der Waals surface area contributed by atoms with E-state index < -0.39 is 0 Å². The Balaban J connectivity index is 0.00000169. The van der Waals surface area contributed by atoms with Crippen molar-refractivity contribution in [1.29, 1.82) is 0 Å². The molecule has 1 aliphatic heterocycles. The van der Waals surface area contributed by atoms with E-state index in [-0.39, 0.29) is 43.0 Å². The molecule has 3 N–H and O–H groups in total. The molecule has 1 aliphatic rings. The van der Waals surface area contributed by atoms with Crippen molar-refractivity contribution < 1.29 is 9.59 Å². The SMILES string of the molecule is Cl.Cl.O=C(Cc1csc(NC(=O)c2cccs2)n1)NCC1=CCNCC1. The Kier molecular flexibility index (Phi) is 9.82. The molecule has 0 bridgehead atoms. The fraction of sp³-hybridized carbons (Fsp3) is 0.312. The second-order valence-corrected chi connectivity index (χ2v) is 7.15. The summed E-state index contributed by atoms with van der Waals surface area (Å²) in [5.41, 5.74) is 1.92. The van der Waals surface area contributed by atoms with Crippen molar-refractivity contribution in [2.45, 2.75) is 12.8 Å². The van der Waals surface area contributed by atoms with Gasteiger partial charge in [0.15, 0.2) is 5.13 Å². The fourth-order valence-electron chi connectivity index (χ4n) is 2.28. The zero-order chi connectivity index (χ0) is 16.8. The van der Waals surface area contributed by atoms with Gasteiger partial charge in [-0.3, -0.25) is 14.9 Å². The number of hydrogen-bond donors (Lipinski definition) is 3. The lowest BCUT2D eigenvalue weighted by Crippen LogP contribution is -2.30. The van der Waals surface area contributed by atoms with Crippen LogP contribution in [-0.4, -0.2) is 36.4 Å². The molecule has 0 atom stereocenters. The number of carbonyl (C=O) groups excluding carboxylic acids is 2. The van der Waals surface area contributed by atoms with E-state index in [0.29, 0.717) is 22.2 Å². The van der Waals surface area contributed by atoms with Crippen molar-refractivity contribution in [2.24, 2.45) is 0 Å². The van der Waals surface area contributed by atoms with Gasteiger partial charge >= 0.3 is 0 Å². The maximum absolute atomic E-state index is 12.0. The second-order valence-electron chi connectivity index (χ2n) is 5.35. The maximum atomic E-state index is 12.0. The highest BCUT2D eigenvalue weighted by atomic mass is 35.5. The molecular weight excluding hydrogens is 415 g/mol. The molecule has 0 unspecified atom stereocenters. The predicted molar refractivity (Wildman–Crippen MR) is 111 cm³/mol. The van der Waals surface area contributed by atoms with Crippen molar-refractivity contribution in [2.75, 3.05) is 25.0 Å². The van der Waals surface area contributed by atoms with E-state index in [4.69, 9.17) is 0 Å². The van der Waals surface area contributed by atoms with E-state index in [2.05, 4.69) is 27.0 Å². The van der Waals surface area contributed by atoms with Crippen LogP contribution in [0.25, 0.3) is 0 Å². The van der Waals surface area contributed by atoms with Gasteiger partial charge in [0.05, 0.1) is 17.0 Å². The Morgan fingerprint density at radius 3 is 2.81 bits per heavy atom. The molecule has 3 heterocycles. The van der Waals surface area contributed by atoms with Crippen LogP contribution in [0.1, 0.15) is 21.8 Å². The van der Waals surface area contributed by atoms with Crippen LogP contribution in [-0.2, 0) is 11.2 Å². The number of anilines is 1. The Morgan fingerprint density at radius 2 is 2.12 bits per heavy atom. The number of carbonyl (C=O) groups is 2. The first-order chi connectivity index (χ1) is 11.7. The van der Waals surface area contributed by atoms with Crippen LogP contribution in [0.3, 0.4) is 0 Å². The molecule has 0 aliphatic carbocycles. The third kappa shape index (κ3) is 6.69. The molecule has 26 heavy (non-hydrogen) atoms. The molecular formula is C16H20Cl2N4O2S2. The molecule has 3 rings (SSSR count). The largest absolute Gasteiger partial charge is 0.352 e. The highest BCUT2D eigenvalue weighted by molar-refractivity contribution is 7.14. The molecule has 6 nitrogen and oxygen atoms in total. The fourth-order valence-corrected chi connectivity index (χ4v) is 3.61. The van der Waals surface area contributed by atoms with E-state index in [1.807, 2.05) is 11.4 Å². The summed E-state index contributed by atoms with van der Waals surface area (Å²) < 4.78 is 0. The molecule has 0 radical (unpaired) electrons. The summed E-state index contributed by atoms with van der Waals surface area (Å²) in [7, 11) is 0. The highest BCUT2D eigenvalue weighted by Gasteiger charge is 2.12. The zero-order valence-corrected chi connectivity index (χ0v) is 17.1. The smallest absolute Gasteiger partial charge is 0.267 e. The lowest BCUT2D eigenvalue weighted by molar-refractivity contribution is -0.120. The van der Waals surface area contributed by atoms with Gasteiger partial charge in [-0.1, -0.05) is 17.7 Å². The van der Waals surface area contributed by atoms with Crippen LogP contribution in [0.4, 0.5) is 5.13 Å². The molecule has 0 fully saturated rings. The standard InChI is InChI=1S/C16H18N4O2S2.2ClH/c21-14(18-9-11-3-5-17-6-4-11)8-12-10-24-16(19-12)20-15(22)13-2-1-7-23-13;;/h1-3,7,10,17H,4-6,8-9H2,(H,18,21)(H,19,20,22);2*1H. The van der Waals surface area contributed by atoms with Crippen LogP contribution in [0.15, 0.2) is 34.5 Å². The first-order valence-corrected chi connectivity index (χ1v) is 9.41. The van der Waals surface area contributed by atoms with Gasteiger partial charge in [0.1, 0.15) is 0 Å². The normalized spacial score (nSPS) is 13.0. The maximum Gasteiger partial charge on any atom is 0.267 e. The molecule has 0 spiro atoms. The zero-order valence-electron chi connectivity index (χ0n) is 13.8. The van der Waals surface area contributed by atoms with Gasteiger partial charge in [-0.2, -0.15) is 0 Å². The number of thiophene rings is 1. The first kappa shape index (κ1) is 22.6. The Bertz CT molecular complexity index is 747. The van der Waals surface area contributed by atoms with Crippen LogP contribution >= 0.6 is 47.5 Å². The number of nitrogens with zero attached hydrogens (tertiary/aromatic N) is 1. The quantitative estimate of drug-likeness (QED) is 0.610. The molecule has 0 saturated carbocycles. The van der Waals surface area contributed by atoms with Crippen LogP contribution in [0, 0.1) is 0 Å². The predicted octanol–water partition coefficient (Wildman–Crippen LogP) is 2.88. The minimum Gasteiger partial charge on any atom is -0.352 e. The van der Waals surface area contributed by atoms with Crippen molar-refractivity contribution in [3.8, 4) is 0 Å². The Morgan fingerprint density at radius 1 is 1.27 bits per heavy atom. The average Bonchev–Trinajstić information content (AvgIpc) is 3.26. The van der Waals surface area contributed by atoms with E-state index in [1.165, 1.54) is 28.2 Å². The van der Waals surface area contributed by atoms with Gasteiger partial charge in [-0.25, -0.2) is 4.98 Å². The molecule has 2 aromatic heterocycles. The summed E-state index contributed by atoms with van der Waals surface area (Å²) in [5, 5.41) is 13.1. The van der Waals surface area contributed by atoms with Gasteiger partial charge in [0.25, 0.3) is 5.91 Å². The Hall–Kier alpha value is -1.45. The van der Waals surface area contributed by atoms with Gasteiger partial charge < -0.3 is 10.6 Å². The van der Waals surface area contributed by atoms with E-state index >= 15 is 0 Å². The van der Waals surface area contributed by atoms with Crippen LogP contribution in [0.2, 0.25) is 0 Å². The molecule has 2 aromatic rings. The minimum absolute atomic E-state index is 0.